The van der Waals surface area contributed by atoms with Gasteiger partial charge in [-0.25, -0.2) is 0 Å². The SMILES string of the molecule is COc1ccc(N2C(=O)c3c(c4ccccc4n3C)[C@H]2c2cc(OC)c(OC)cc2OC)cc1. The van der Waals surface area contributed by atoms with Crippen molar-refractivity contribution in [1.82, 2.24) is 4.57 Å². The number of hydrogen-bond donors (Lipinski definition) is 0. The van der Waals surface area contributed by atoms with E-state index >= 15 is 0 Å². The second-order valence-electron chi connectivity index (χ2n) is 8.06. The highest BCUT2D eigenvalue weighted by atomic mass is 16.5. The molecule has 0 saturated carbocycles. The van der Waals surface area contributed by atoms with E-state index in [0.29, 0.717) is 22.9 Å². The summed E-state index contributed by atoms with van der Waals surface area (Å²) in [6, 6.07) is 18.8. The second kappa shape index (κ2) is 8.33. The lowest BCUT2D eigenvalue weighted by atomic mass is 9.96. The van der Waals surface area contributed by atoms with Crippen molar-refractivity contribution in [2.75, 3.05) is 33.3 Å². The van der Waals surface area contributed by atoms with Crippen LogP contribution in [-0.2, 0) is 7.05 Å². The van der Waals surface area contributed by atoms with E-state index in [1.54, 1.807) is 39.4 Å². The summed E-state index contributed by atoms with van der Waals surface area (Å²) in [5.41, 5.74) is 4.15. The number of para-hydroxylation sites is 1. The Hall–Kier alpha value is -4.13. The highest BCUT2D eigenvalue weighted by molar-refractivity contribution is 6.15. The van der Waals surface area contributed by atoms with Gasteiger partial charge in [0.1, 0.15) is 17.2 Å². The molecule has 7 nitrogen and oxygen atoms in total. The van der Waals surface area contributed by atoms with Crippen molar-refractivity contribution in [3.8, 4) is 23.0 Å². The fourth-order valence-corrected chi connectivity index (χ4v) is 4.89. The number of ether oxygens (including phenoxy) is 4. The van der Waals surface area contributed by atoms with E-state index in [9.17, 15) is 4.79 Å². The first kappa shape index (κ1) is 21.7. The van der Waals surface area contributed by atoms with Gasteiger partial charge in [-0.15, -0.1) is 0 Å². The summed E-state index contributed by atoms with van der Waals surface area (Å²) in [4.78, 5) is 15.8. The van der Waals surface area contributed by atoms with Gasteiger partial charge < -0.3 is 23.5 Å². The molecule has 0 spiro atoms. The first-order valence-corrected chi connectivity index (χ1v) is 10.9. The minimum atomic E-state index is -0.434. The maximum atomic E-state index is 14.0. The molecular weight excluding hydrogens is 432 g/mol. The van der Waals surface area contributed by atoms with Crippen molar-refractivity contribution >= 4 is 22.5 Å². The number of hydrogen-bond acceptors (Lipinski definition) is 5. The largest absolute Gasteiger partial charge is 0.497 e. The summed E-state index contributed by atoms with van der Waals surface area (Å²) < 4.78 is 24.2. The van der Waals surface area contributed by atoms with Crippen molar-refractivity contribution in [3.63, 3.8) is 0 Å². The number of benzene rings is 3. The lowest BCUT2D eigenvalue weighted by molar-refractivity contribution is 0.0986. The zero-order chi connectivity index (χ0) is 24.0. The van der Waals surface area contributed by atoms with Gasteiger partial charge in [-0.05, 0) is 36.4 Å². The van der Waals surface area contributed by atoms with Crippen LogP contribution in [0.5, 0.6) is 23.0 Å². The molecule has 0 saturated heterocycles. The summed E-state index contributed by atoms with van der Waals surface area (Å²) in [5, 5.41) is 1.02. The van der Waals surface area contributed by atoms with E-state index in [-0.39, 0.29) is 5.91 Å². The standard InChI is InChI=1S/C27H26N2O5/c1-28-20-9-7-6-8-18(20)24-25(19-14-22(33-4)23(34-5)15-21(19)32-3)29(27(30)26(24)28)16-10-12-17(31-2)13-11-16/h6-15,25H,1-5H3/t25-/m1/s1. The molecular formula is C27H26N2O5. The van der Waals surface area contributed by atoms with Crippen LogP contribution < -0.4 is 23.8 Å². The molecule has 1 amide bonds. The Balaban J connectivity index is 1.82. The number of rotatable bonds is 6. The molecule has 0 fully saturated rings. The van der Waals surface area contributed by atoms with Gasteiger partial charge in [0.2, 0.25) is 0 Å². The third-order valence-corrected chi connectivity index (χ3v) is 6.48. The van der Waals surface area contributed by atoms with Crippen molar-refractivity contribution in [2.24, 2.45) is 7.05 Å². The molecule has 2 heterocycles. The van der Waals surface area contributed by atoms with E-state index in [0.717, 1.165) is 33.5 Å². The van der Waals surface area contributed by atoms with Crippen LogP contribution in [0.1, 0.15) is 27.7 Å². The molecule has 0 unspecified atom stereocenters. The number of methoxy groups -OCH3 is 4. The number of amides is 1. The summed E-state index contributed by atoms with van der Waals surface area (Å²) >= 11 is 0. The summed E-state index contributed by atoms with van der Waals surface area (Å²) in [6.07, 6.45) is 0. The fraction of sp³-hybridized carbons (Fsp3) is 0.222. The lowest BCUT2D eigenvalue weighted by Gasteiger charge is -2.28. The number of carbonyl (C=O) groups excluding carboxylic acids is 1. The second-order valence-corrected chi connectivity index (χ2v) is 8.06. The number of aryl methyl sites for hydroxylation is 1. The average Bonchev–Trinajstić information content (AvgIpc) is 3.35. The molecule has 5 rings (SSSR count). The maximum Gasteiger partial charge on any atom is 0.276 e. The number of anilines is 1. The molecule has 0 bridgehead atoms. The van der Waals surface area contributed by atoms with Crippen molar-refractivity contribution in [1.29, 1.82) is 0 Å². The molecule has 1 atom stereocenters. The summed E-state index contributed by atoms with van der Waals surface area (Å²) in [6.45, 7) is 0. The van der Waals surface area contributed by atoms with Gasteiger partial charge in [0, 0.05) is 40.8 Å². The molecule has 1 aromatic heterocycles. The predicted octanol–water partition coefficient (Wildman–Crippen LogP) is 4.96. The van der Waals surface area contributed by atoms with E-state index in [1.165, 1.54) is 0 Å². The maximum absolute atomic E-state index is 14.0. The van der Waals surface area contributed by atoms with Crippen LogP contribution in [0.4, 0.5) is 5.69 Å². The molecule has 4 aromatic rings. The lowest BCUT2D eigenvalue weighted by Crippen LogP contribution is -2.30. The highest BCUT2D eigenvalue weighted by Crippen LogP contribution is 2.50. The van der Waals surface area contributed by atoms with Crippen molar-refractivity contribution in [2.45, 2.75) is 6.04 Å². The van der Waals surface area contributed by atoms with E-state index in [4.69, 9.17) is 18.9 Å². The van der Waals surface area contributed by atoms with Crippen LogP contribution in [0.3, 0.4) is 0 Å². The third-order valence-electron chi connectivity index (χ3n) is 6.48. The molecule has 3 aromatic carbocycles. The molecule has 1 aliphatic rings. The zero-order valence-corrected chi connectivity index (χ0v) is 19.8. The predicted molar refractivity (Wildman–Crippen MR) is 131 cm³/mol. The van der Waals surface area contributed by atoms with E-state index in [1.807, 2.05) is 60.1 Å². The topological polar surface area (TPSA) is 62.2 Å². The van der Waals surface area contributed by atoms with Crippen LogP contribution in [-0.4, -0.2) is 38.9 Å². The summed E-state index contributed by atoms with van der Waals surface area (Å²) in [7, 11) is 8.35. The smallest absolute Gasteiger partial charge is 0.276 e. The Morgan fingerprint density at radius 1 is 0.765 bits per heavy atom. The summed E-state index contributed by atoms with van der Waals surface area (Å²) in [5.74, 6) is 2.37. The van der Waals surface area contributed by atoms with Gasteiger partial charge in [-0.3, -0.25) is 9.69 Å². The van der Waals surface area contributed by atoms with Crippen molar-refractivity contribution in [3.05, 3.63) is 77.5 Å². The van der Waals surface area contributed by atoms with Crippen LogP contribution in [0.25, 0.3) is 10.9 Å². The van der Waals surface area contributed by atoms with Gasteiger partial charge in [-0.1, -0.05) is 18.2 Å². The normalized spacial score (nSPS) is 14.9. The van der Waals surface area contributed by atoms with E-state index < -0.39 is 6.04 Å². The minimum absolute atomic E-state index is 0.0827. The molecule has 174 valence electrons. The molecule has 7 heteroatoms. The number of nitrogens with zero attached hydrogens (tertiary/aromatic N) is 2. The van der Waals surface area contributed by atoms with Crippen molar-refractivity contribution < 1.29 is 23.7 Å². The fourth-order valence-electron chi connectivity index (χ4n) is 4.89. The molecule has 0 radical (unpaired) electrons. The Labute approximate surface area is 198 Å². The van der Waals surface area contributed by atoms with Gasteiger partial charge >= 0.3 is 0 Å². The van der Waals surface area contributed by atoms with Crippen LogP contribution in [0.2, 0.25) is 0 Å². The Morgan fingerprint density at radius 2 is 1.41 bits per heavy atom. The van der Waals surface area contributed by atoms with Gasteiger partial charge in [0.05, 0.1) is 34.5 Å². The molecule has 1 aliphatic heterocycles. The van der Waals surface area contributed by atoms with Crippen LogP contribution >= 0.6 is 0 Å². The van der Waals surface area contributed by atoms with Gasteiger partial charge in [0.25, 0.3) is 5.91 Å². The monoisotopic (exact) mass is 458 g/mol. The zero-order valence-electron chi connectivity index (χ0n) is 19.8. The molecule has 0 N–H and O–H groups in total. The highest BCUT2D eigenvalue weighted by Gasteiger charge is 2.44. The third kappa shape index (κ3) is 3.08. The minimum Gasteiger partial charge on any atom is -0.497 e. The average molecular weight is 459 g/mol. The van der Waals surface area contributed by atoms with E-state index in [2.05, 4.69) is 6.07 Å². The number of aromatic nitrogens is 1. The quantitative estimate of drug-likeness (QED) is 0.409. The Kier molecular flexibility index (Phi) is 5.32. The first-order chi connectivity index (χ1) is 16.5. The van der Waals surface area contributed by atoms with Gasteiger partial charge in [0.15, 0.2) is 11.5 Å². The number of carbonyl (C=O) groups is 1. The Bertz CT molecular complexity index is 1390. The van der Waals surface area contributed by atoms with Crippen LogP contribution in [0.15, 0.2) is 60.7 Å². The van der Waals surface area contributed by atoms with Gasteiger partial charge in [-0.2, -0.15) is 0 Å². The molecule has 0 aliphatic carbocycles. The van der Waals surface area contributed by atoms with Crippen LogP contribution in [0, 0.1) is 0 Å². The Morgan fingerprint density at radius 3 is 2.06 bits per heavy atom. The molecule has 34 heavy (non-hydrogen) atoms. The number of fused-ring (bicyclic) bond motifs is 3. The first-order valence-electron chi connectivity index (χ1n) is 10.9.